The third kappa shape index (κ3) is 4.35. The van der Waals surface area contributed by atoms with Crippen LogP contribution in [0.2, 0.25) is 0 Å². The van der Waals surface area contributed by atoms with Gasteiger partial charge in [-0.2, -0.15) is 0 Å². The molecule has 0 N–H and O–H groups in total. The Labute approximate surface area is 111 Å². The van der Waals surface area contributed by atoms with E-state index in [9.17, 15) is 9.59 Å². The molecule has 0 amide bonds. The molecule has 0 fully saturated rings. The maximum absolute atomic E-state index is 11.6. The normalized spacial score (nSPS) is 13.6. The fraction of sp³-hybridized carbons (Fsp3) is 0.400. The molecule has 2 atom stereocenters. The predicted octanol–water partition coefficient (Wildman–Crippen LogP) is 2.86. The highest BCUT2D eigenvalue weighted by molar-refractivity contribution is 9.09. The number of hydrogen-bond donors (Lipinski definition) is 0. The predicted molar refractivity (Wildman–Crippen MR) is 65.0 cm³/mol. The zero-order valence-corrected chi connectivity index (χ0v) is 11.6. The van der Waals surface area contributed by atoms with E-state index in [-0.39, 0.29) is 0 Å². The topological polar surface area (TPSA) is 61.8 Å². The van der Waals surface area contributed by atoms with Gasteiger partial charge in [-0.25, -0.2) is 4.79 Å². The average molecular weight is 323 g/mol. The SMILES string of the molecule is COC(=O)OC(C)OC(=O)C(Br)c1cccs1. The molecule has 2 unspecified atom stereocenters. The van der Waals surface area contributed by atoms with Crippen molar-refractivity contribution in [1.82, 2.24) is 0 Å². The van der Waals surface area contributed by atoms with E-state index in [0.717, 1.165) is 4.88 Å². The van der Waals surface area contributed by atoms with Crippen LogP contribution in [0.25, 0.3) is 0 Å². The van der Waals surface area contributed by atoms with Crippen LogP contribution < -0.4 is 0 Å². The van der Waals surface area contributed by atoms with E-state index in [1.807, 2.05) is 11.4 Å². The Kier molecular flexibility index (Phi) is 5.43. The molecule has 0 radical (unpaired) electrons. The monoisotopic (exact) mass is 322 g/mol. The maximum Gasteiger partial charge on any atom is 0.511 e. The van der Waals surface area contributed by atoms with Gasteiger partial charge in [0.2, 0.25) is 6.29 Å². The molecule has 0 aliphatic carbocycles. The minimum atomic E-state index is -0.991. The molecule has 1 aromatic rings. The second-order valence-electron chi connectivity index (χ2n) is 2.95. The van der Waals surface area contributed by atoms with E-state index < -0.39 is 23.2 Å². The molecule has 0 aliphatic rings. The van der Waals surface area contributed by atoms with E-state index in [2.05, 4.69) is 25.4 Å². The molecular weight excluding hydrogens is 312 g/mol. The van der Waals surface area contributed by atoms with Gasteiger partial charge in [-0.3, -0.25) is 4.79 Å². The van der Waals surface area contributed by atoms with Gasteiger partial charge in [0.15, 0.2) is 0 Å². The lowest BCUT2D eigenvalue weighted by molar-refractivity contribution is -0.166. The van der Waals surface area contributed by atoms with Crippen LogP contribution in [-0.4, -0.2) is 25.5 Å². The number of halogens is 1. The summed E-state index contributed by atoms with van der Waals surface area (Å²) >= 11 is 4.63. The van der Waals surface area contributed by atoms with E-state index in [1.165, 1.54) is 25.4 Å². The van der Waals surface area contributed by atoms with Gasteiger partial charge in [0.05, 0.1) is 7.11 Å². The number of hydrogen-bond acceptors (Lipinski definition) is 6. The summed E-state index contributed by atoms with van der Waals surface area (Å²) in [4.78, 5) is 22.6. The lowest BCUT2D eigenvalue weighted by Crippen LogP contribution is -2.23. The summed E-state index contributed by atoms with van der Waals surface area (Å²) in [6, 6.07) is 3.63. The van der Waals surface area contributed by atoms with Crippen molar-refractivity contribution in [3.63, 3.8) is 0 Å². The van der Waals surface area contributed by atoms with Gasteiger partial charge in [-0.1, -0.05) is 22.0 Å². The highest BCUT2D eigenvalue weighted by Crippen LogP contribution is 2.28. The number of ether oxygens (including phenoxy) is 3. The second kappa shape index (κ2) is 6.61. The minimum Gasteiger partial charge on any atom is -0.438 e. The highest BCUT2D eigenvalue weighted by Gasteiger charge is 2.23. The van der Waals surface area contributed by atoms with Gasteiger partial charge in [0, 0.05) is 11.8 Å². The first-order valence-electron chi connectivity index (χ1n) is 4.67. The Morgan fingerprint density at radius 3 is 2.65 bits per heavy atom. The summed E-state index contributed by atoms with van der Waals surface area (Å²) in [7, 11) is 1.18. The molecule has 1 rings (SSSR count). The van der Waals surface area contributed by atoms with Crippen LogP contribution >= 0.6 is 27.3 Å². The largest absolute Gasteiger partial charge is 0.511 e. The zero-order valence-electron chi connectivity index (χ0n) is 9.21. The first kappa shape index (κ1) is 14.0. The number of carbonyl (C=O) groups is 2. The Balaban J connectivity index is 2.46. The van der Waals surface area contributed by atoms with Gasteiger partial charge in [-0.05, 0) is 11.4 Å². The molecule has 0 aromatic carbocycles. The summed E-state index contributed by atoms with van der Waals surface area (Å²) < 4.78 is 13.8. The average Bonchev–Trinajstić information content (AvgIpc) is 2.80. The van der Waals surface area contributed by atoms with Crippen molar-refractivity contribution in [2.75, 3.05) is 7.11 Å². The highest BCUT2D eigenvalue weighted by atomic mass is 79.9. The third-order valence-corrected chi connectivity index (χ3v) is 3.82. The van der Waals surface area contributed by atoms with E-state index in [1.54, 1.807) is 6.07 Å². The first-order chi connectivity index (χ1) is 8.04. The van der Waals surface area contributed by atoms with E-state index in [4.69, 9.17) is 4.74 Å². The number of esters is 1. The molecule has 0 saturated carbocycles. The summed E-state index contributed by atoms with van der Waals surface area (Å²) in [6.07, 6.45) is -1.89. The van der Waals surface area contributed by atoms with Gasteiger partial charge >= 0.3 is 12.1 Å². The van der Waals surface area contributed by atoms with Gasteiger partial charge in [0.25, 0.3) is 0 Å². The molecular formula is C10H11BrO5S. The second-order valence-corrected chi connectivity index (χ2v) is 4.85. The van der Waals surface area contributed by atoms with Gasteiger partial charge < -0.3 is 14.2 Å². The van der Waals surface area contributed by atoms with Crippen molar-refractivity contribution < 1.29 is 23.8 Å². The van der Waals surface area contributed by atoms with Crippen LogP contribution in [0.4, 0.5) is 4.79 Å². The molecule has 94 valence electrons. The molecule has 17 heavy (non-hydrogen) atoms. The van der Waals surface area contributed by atoms with Crippen LogP contribution in [0.15, 0.2) is 17.5 Å². The van der Waals surface area contributed by atoms with Gasteiger partial charge in [0.1, 0.15) is 4.83 Å². The van der Waals surface area contributed by atoms with Crippen molar-refractivity contribution in [3.8, 4) is 0 Å². The van der Waals surface area contributed by atoms with Crippen molar-refractivity contribution in [2.24, 2.45) is 0 Å². The van der Waals surface area contributed by atoms with Crippen LogP contribution in [0.5, 0.6) is 0 Å². The summed E-state index contributed by atoms with van der Waals surface area (Å²) in [5, 5.41) is 1.85. The fourth-order valence-corrected chi connectivity index (χ4v) is 2.25. The first-order valence-corrected chi connectivity index (χ1v) is 6.46. The summed E-state index contributed by atoms with van der Waals surface area (Å²) in [5.41, 5.74) is 0. The number of thiophene rings is 1. The molecule has 0 aliphatic heterocycles. The van der Waals surface area contributed by atoms with Crippen LogP contribution in [-0.2, 0) is 19.0 Å². The summed E-state index contributed by atoms with van der Waals surface area (Å²) in [5.74, 6) is -0.524. The number of alkyl halides is 1. The summed E-state index contributed by atoms with van der Waals surface area (Å²) in [6.45, 7) is 1.43. The lowest BCUT2D eigenvalue weighted by atomic mass is 10.3. The molecule has 0 saturated heterocycles. The molecule has 1 aromatic heterocycles. The van der Waals surface area contributed by atoms with Crippen molar-refractivity contribution in [3.05, 3.63) is 22.4 Å². The van der Waals surface area contributed by atoms with Crippen molar-refractivity contribution in [2.45, 2.75) is 18.0 Å². The van der Waals surface area contributed by atoms with E-state index in [0.29, 0.717) is 0 Å². The van der Waals surface area contributed by atoms with E-state index >= 15 is 0 Å². The zero-order chi connectivity index (χ0) is 12.8. The number of rotatable bonds is 4. The Morgan fingerprint density at radius 2 is 2.12 bits per heavy atom. The fourth-order valence-electron chi connectivity index (χ4n) is 0.983. The Morgan fingerprint density at radius 1 is 1.41 bits per heavy atom. The third-order valence-electron chi connectivity index (χ3n) is 1.71. The molecule has 1 heterocycles. The molecule has 0 spiro atoms. The standard InChI is InChI=1S/C10H11BrO5S/c1-6(16-10(13)14-2)15-9(12)8(11)7-4-3-5-17-7/h3-6,8H,1-2H3. The smallest absolute Gasteiger partial charge is 0.438 e. The van der Waals surface area contributed by atoms with Crippen LogP contribution in [0.1, 0.15) is 16.6 Å². The maximum atomic E-state index is 11.6. The van der Waals surface area contributed by atoms with Crippen LogP contribution in [0, 0.1) is 0 Å². The van der Waals surface area contributed by atoms with Crippen molar-refractivity contribution in [1.29, 1.82) is 0 Å². The quantitative estimate of drug-likeness (QED) is 0.484. The molecule has 0 bridgehead atoms. The van der Waals surface area contributed by atoms with Crippen molar-refractivity contribution >= 4 is 39.4 Å². The Bertz CT molecular complexity index is 378. The minimum absolute atomic E-state index is 0.524. The molecule has 5 nitrogen and oxygen atoms in total. The molecule has 7 heteroatoms. The van der Waals surface area contributed by atoms with Gasteiger partial charge in [-0.15, -0.1) is 11.3 Å². The number of methoxy groups -OCH3 is 1. The lowest BCUT2D eigenvalue weighted by Gasteiger charge is -2.14. The van der Waals surface area contributed by atoms with Crippen LogP contribution in [0.3, 0.4) is 0 Å². The number of carbonyl (C=O) groups excluding carboxylic acids is 2. The Hall–Kier alpha value is -1.08.